The Labute approximate surface area is 206 Å². The zero-order chi connectivity index (χ0) is 24.8. The Kier molecular flexibility index (Phi) is 8.33. The van der Waals surface area contributed by atoms with E-state index in [1.54, 1.807) is 42.5 Å². The Balaban J connectivity index is 1.46. The summed E-state index contributed by atoms with van der Waals surface area (Å²) >= 11 is 0. The van der Waals surface area contributed by atoms with Gasteiger partial charge in [0, 0.05) is 5.56 Å². The molecule has 0 saturated heterocycles. The van der Waals surface area contributed by atoms with E-state index in [0.29, 0.717) is 23.3 Å². The van der Waals surface area contributed by atoms with Gasteiger partial charge in [0.2, 0.25) is 0 Å². The van der Waals surface area contributed by atoms with E-state index in [1.807, 2.05) is 25.1 Å². The van der Waals surface area contributed by atoms with Crippen LogP contribution < -0.4 is 4.74 Å². The molecule has 0 unspecified atom stereocenters. The minimum absolute atomic E-state index is 0.103. The molecule has 1 fully saturated rings. The second-order valence-corrected chi connectivity index (χ2v) is 9.41. The molecule has 4 heteroatoms. The molecule has 0 heterocycles. The normalized spacial score (nSPS) is 18.2. The van der Waals surface area contributed by atoms with E-state index in [0.717, 1.165) is 37.2 Å². The standard InChI is InChI=1S/C31H33F3O/c1-3-5-21-8-13-24(14-9-21)26-17-18-27(31(34)30(26)33)25-15-10-22(11-16-25)6-7-23-12-19-29(35-4-2)28(32)20-23/h6-7,10-12,15-21,24H,3-5,8-9,13-14H2,1-2H3. The Morgan fingerprint density at radius 3 is 2.14 bits per heavy atom. The predicted molar refractivity (Wildman–Crippen MR) is 138 cm³/mol. The number of hydrogen-bond donors (Lipinski definition) is 0. The van der Waals surface area contributed by atoms with E-state index < -0.39 is 17.5 Å². The average molecular weight is 479 g/mol. The molecule has 3 aromatic rings. The van der Waals surface area contributed by atoms with Crippen molar-refractivity contribution in [1.82, 2.24) is 0 Å². The minimum atomic E-state index is -0.772. The number of halogens is 3. The highest BCUT2D eigenvalue weighted by Gasteiger charge is 2.26. The molecule has 1 saturated carbocycles. The third-order valence-electron chi connectivity index (χ3n) is 7.04. The van der Waals surface area contributed by atoms with E-state index in [9.17, 15) is 4.39 Å². The lowest BCUT2D eigenvalue weighted by atomic mass is 9.77. The van der Waals surface area contributed by atoms with Crippen molar-refractivity contribution in [3.8, 4) is 16.9 Å². The van der Waals surface area contributed by atoms with Crippen molar-refractivity contribution in [2.75, 3.05) is 6.61 Å². The second-order valence-electron chi connectivity index (χ2n) is 9.41. The maximum Gasteiger partial charge on any atom is 0.166 e. The van der Waals surface area contributed by atoms with E-state index in [2.05, 4.69) is 6.92 Å². The third-order valence-corrected chi connectivity index (χ3v) is 7.04. The van der Waals surface area contributed by atoms with Crippen LogP contribution in [0.5, 0.6) is 5.75 Å². The first-order valence-electron chi connectivity index (χ1n) is 12.7. The van der Waals surface area contributed by atoms with Gasteiger partial charge in [-0.05, 0) is 78.8 Å². The molecule has 1 nitrogen and oxygen atoms in total. The summed E-state index contributed by atoms with van der Waals surface area (Å²) in [6.07, 6.45) is 10.1. The molecule has 0 N–H and O–H groups in total. The lowest BCUT2D eigenvalue weighted by molar-refractivity contribution is 0.303. The van der Waals surface area contributed by atoms with Crippen molar-refractivity contribution in [3.63, 3.8) is 0 Å². The molecule has 0 radical (unpaired) electrons. The molecule has 0 atom stereocenters. The number of benzene rings is 3. The van der Waals surface area contributed by atoms with Crippen LogP contribution in [0.25, 0.3) is 23.3 Å². The SMILES string of the molecule is CCCC1CCC(c2ccc(-c3ccc(C=Cc4ccc(OCC)c(F)c4)cc3)c(F)c2F)CC1. The summed E-state index contributed by atoms with van der Waals surface area (Å²) in [7, 11) is 0. The third kappa shape index (κ3) is 5.98. The summed E-state index contributed by atoms with van der Waals surface area (Å²) in [4.78, 5) is 0. The van der Waals surface area contributed by atoms with Crippen LogP contribution in [0.15, 0.2) is 54.6 Å². The van der Waals surface area contributed by atoms with Crippen molar-refractivity contribution in [3.05, 3.63) is 88.7 Å². The molecule has 3 aromatic carbocycles. The monoisotopic (exact) mass is 478 g/mol. The largest absolute Gasteiger partial charge is 0.491 e. The Morgan fingerprint density at radius 2 is 1.49 bits per heavy atom. The molecular formula is C31H33F3O. The highest BCUT2D eigenvalue weighted by Crippen LogP contribution is 2.40. The Hall–Kier alpha value is -3.01. The number of ether oxygens (including phenoxy) is 1. The summed E-state index contributed by atoms with van der Waals surface area (Å²) in [5, 5.41) is 0. The van der Waals surface area contributed by atoms with Gasteiger partial charge in [-0.1, -0.05) is 74.4 Å². The van der Waals surface area contributed by atoms with Crippen LogP contribution in [0.1, 0.15) is 75.0 Å². The maximum atomic E-state index is 15.1. The Morgan fingerprint density at radius 1 is 0.800 bits per heavy atom. The number of rotatable bonds is 8. The first-order chi connectivity index (χ1) is 17.0. The molecule has 1 aliphatic rings. The molecule has 1 aliphatic carbocycles. The molecule has 4 rings (SSSR count). The summed E-state index contributed by atoms with van der Waals surface area (Å²) in [6.45, 7) is 4.42. The first kappa shape index (κ1) is 25.1. The molecule has 0 spiro atoms. The smallest absolute Gasteiger partial charge is 0.166 e. The Bertz CT molecular complexity index is 1160. The maximum absolute atomic E-state index is 15.1. The fourth-order valence-electron chi connectivity index (χ4n) is 5.13. The van der Waals surface area contributed by atoms with Crippen LogP contribution >= 0.6 is 0 Å². The van der Waals surface area contributed by atoms with Gasteiger partial charge in [-0.3, -0.25) is 0 Å². The summed E-state index contributed by atoms with van der Waals surface area (Å²) in [6, 6.07) is 15.6. The van der Waals surface area contributed by atoms with Crippen molar-refractivity contribution >= 4 is 12.2 Å². The summed E-state index contributed by atoms with van der Waals surface area (Å²) < 4.78 is 49.4. The van der Waals surface area contributed by atoms with Gasteiger partial charge in [-0.25, -0.2) is 13.2 Å². The van der Waals surface area contributed by atoms with Crippen LogP contribution in [0, 0.1) is 23.4 Å². The quantitative estimate of drug-likeness (QED) is 0.293. The van der Waals surface area contributed by atoms with Crippen molar-refractivity contribution in [1.29, 1.82) is 0 Å². The topological polar surface area (TPSA) is 9.23 Å². The van der Waals surface area contributed by atoms with Gasteiger partial charge < -0.3 is 4.74 Å². The van der Waals surface area contributed by atoms with E-state index in [-0.39, 0.29) is 17.2 Å². The van der Waals surface area contributed by atoms with Crippen LogP contribution in [-0.4, -0.2) is 6.61 Å². The van der Waals surface area contributed by atoms with Gasteiger partial charge in [-0.15, -0.1) is 0 Å². The van der Waals surface area contributed by atoms with Crippen molar-refractivity contribution in [2.24, 2.45) is 5.92 Å². The van der Waals surface area contributed by atoms with E-state index in [4.69, 9.17) is 4.74 Å². The molecule has 35 heavy (non-hydrogen) atoms. The fraction of sp³-hybridized carbons (Fsp3) is 0.355. The van der Waals surface area contributed by atoms with Gasteiger partial charge in [0.15, 0.2) is 23.2 Å². The lowest BCUT2D eigenvalue weighted by Gasteiger charge is -2.29. The molecule has 0 aliphatic heterocycles. The predicted octanol–water partition coefficient (Wildman–Crippen LogP) is 9.41. The highest BCUT2D eigenvalue weighted by atomic mass is 19.2. The lowest BCUT2D eigenvalue weighted by Crippen LogP contribution is -2.14. The van der Waals surface area contributed by atoms with Crippen molar-refractivity contribution in [2.45, 2.75) is 58.3 Å². The minimum Gasteiger partial charge on any atom is -0.491 e. The van der Waals surface area contributed by atoms with Gasteiger partial charge in [-0.2, -0.15) is 0 Å². The number of hydrogen-bond acceptors (Lipinski definition) is 1. The van der Waals surface area contributed by atoms with Gasteiger partial charge >= 0.3 is 0 Å². The average Bonchev–Trinajstić information content (AvgIpc) is 2.87. The van der Waals surface area contributed by atoms with E-state index >= 15 is 8.78 Å². The van der Waals surface area contributed by atoms with Crippen LogP contribution in [0.3, 0.4) is 0 Å². The molecule has 0 bridgehead atoms. The van der Waals surface area contributed by atoms with Crippen LogP contribution in [-0.2, 0) is 0 Å². The van der Waals surface area contributed by atoms with Gasteiger partial charge in [0.05, 0.1) is 6.61 Å². The second kappa shape index (κ2) is 11.6. The van der Waals surface area contributed by atoms with Gasteiger partial charge in [0.25, 0.3) is 0 Å². The first-order valence-corrected chi connectivity index (χ1v) is 12.7. The summed E-state index contributed by atoms with van der Waals surface area (Å²) in [5.41, 5.74) is 3.01. The zero-order valence-corrected chi connectivity index (χ0v) is 20.5. The van der Waals surface area contributed by atoms with E-state index in [1.165, 1.54) is 18.9 Å². The highest BCUT2D eigenvalue weighted by molar-refractivity contribution is 5.72. The molecular weight excluding hydrogens is 445 g/mol. The summed E-state index contributed by atoms with van der Waals surface area (Å²) in [5.74, 6) is -0.817. The zero-order valence-electron chi connectivity index (χ0n) is 20.5. The molecule has 184 valence electrons. The fourth-order valence-corrected chi connectivity index (χ4v) is 5.13. The molecule has 0 amide bonds. The van der Waals surface area contributed by atoms with Crippen LogP contribution in [0.2, 0.25) is 0 Å². The van der Waals surface area contributed by atoms with Gasteiger partial charge in [0.1, 0.15) is 0 Å². The molecule has 0 aromatic heterocycles. The van der Waals surface area contributed by atoms with Crippen LogP contribution in [0.4, 0.5) is 13.2 Å². The van der Waals surface area contributed by atoms with Crippen molar-refractivity contribution < 1.29 is 17.9 Å².